The van der Waals surface area contributed by atoms with Gasteiger partial charge in [0.05, 0.1) is 0 Å². The predicted molar refractivity (Wildman–Crippen MR) is 73.0 cm³/mol. The van der Waals surface area contributed by atoms with Gasteiger partial charge in [0.15, 0.2) is 5.82 Å². The second kappa shape index (κ2) is 4.94. The molecule has 0 radical (unpaired) electrons. The number of fused-ring (bicyclic) bond motifs is 1. The molecule has 19 heavy (non-hydrogen) atoms. The van der Waals surface area contributed by atoms with Gasteiger partial charge in [0.2, 0.25) is 4.96 Å². The van der Waals surface area contributed by atoms with E-state index in [4.69, 9.17) is 10.5 Å². The maximum absolute atomic E-state index is 5.77. The normalized spacial score (nSPS) is 11.2. The first-order valence-electron chi connectivity index (χ1n) is 5.79. The van der Waals surface area contributed by atoms with Gasteiger partial charge in [-0.05, 0) is 17.7 Å². The standard InChI is InChI=1S/C12H13N5OS/c1-18-7-10-14-15-12-17(10)16-11(19-12)6-8-3-2-4-9(13)5-8/h2-5H,6-7,13H2,1H3. The number of nitrogen functional groups attached to an aromatic ring is 1. The van der Waals surface area contributed by atoms with E-state index >= 15 is 0 Å². The monoisotopic (exact) mass is 275 g/mol. The number of nitrogens with two attached hydrogens (primary N) is 1. The first-order chi connectivity index (χ1) is 9.26. The van der Waals surface area contributed by atoms with E-state index in [0.29, 0.717) is 12.4 Å². The summed E-state index contributed by atoms with van der Waals surface area (Å²) in [5.41, 5.74) is 7.67. The number of anilines is 1. The minimum absolute atomic E-state index is 0.405. The molecule has 0 fully saturated rings. The molecule has 1 aromatic carbocycles. The van der Waals surface area contributed by atoms with Gasteiger partial charge in [0, 0.05) is 19.2 Å². The number of benzene rings is 1. The molecule has 0 amide bonds. The van der Waals surface area contributed by atoms with Crippen LogP contribution in [0, 0.1) is 0 Å². The van der Waals surface area contributed by atoms with Crippen LogP contribution in [0.25, 0.3) is 4.96 Å². The SMILES string of the molecule is COCc1nnc2sc(Cc3cccc(N)c3)nn12. The average molecular weight is 275 g/mol. The first kappa shape index (κ1) is 12.1. The molecule has 3 aromatic rings. The Labute approximate surface area is 113 Å². The molecular formula is C12H13N5OS. The van der Waals surface area contributed by atoms with Gasteiger partial charge < -0.3 is 10.5 Å². The lowest BCUT2D eigenvalue weighted by molar-refractivity contribution is 0.176. The molecule has 2 N–H and O–H groups in total. The third-order valence-corrected chi connectivity index (χ3v) is 3.58. The van der Waals surface area contributed by atoms with Crippen molar-refractivity contribution in [3.8, 4) is 0 Å². The van der Waals surface area contributed by atoms with E-state index in [1.54, 1.807) is 11.6 Å². The zero-order chi connectivity index (χ0) is 13.2. The van der Waals surface area contributed by atoms with Gasteiger partial charge in [0.1, 0.15) is 11.6 Å². The van der Waals surface area contributed by atoms with E-state index in [2.05, 4.69) is 15.3 Å². The molecule has 0 atom stereocenters. The van der Waals surface area contributed by atoms with Crippen molar-refractivity contribution in [2.45, 2.75) is 13.0 Å². The molecule has 0 aliphatic rings. The number of rotatable bonds is 4. The van der Waals surface area contributed by atoms with Crippen molar-refractivity contribution in [1.29, 1.82) is 0 Å². The highest BCUT2D eigenvalue weighted by Gasteiger charge is 2.11. The van der Waals surface area contributed by atoms with Crippen molar-refractivity contribution < 1.29 is 4.74 Å². The minimum atomic E-state index is 0.405. The third-order valence-electron chi connectivity index (χ3n) is 2.68. The Balaban J connectivity index is 1.89. The molecule has 98 valence electrons. The van der Waals surface area contributed by atoms with E-state index in [1.807, 2.05) is 24.3 Å². The molecule has 0 bridgehead atoms. The smallest absolute Gasteiger partial charge is 0.234 e. The summed E-state index contributed by atoms with van der Waals surface area (Å²) in [6, 6.07) is 7.81. The molecule has 2 aromatic heterocycles. The second-order valence-corrected chi connectivity index (χ2v) is 5.20. The van der Waals surface area contributed by atoms with E-state index < -0.39 is 0 Å². The zero-order valence-electron chi connectivity index (χ0n) is 10.4. The number of hydrogen-bond acceptors (Lipinski definition) is 6. The fourth-order valence-electron chi connectivity index (χ4n) is 1.87. The molecule has 6 nitrogen and oxygen atoms in total. The summed E-state index contributed by atoms with van der Waals surface area (Å²) >= 11 is 1.53. The fraction of sp³-hybridized carbons (Fsp3) is 0.250. The summed E-state index contributed by atoms with van der Waals surface area (Å²) in [6.45, 7) is 0.405. The summed E-state index contributed by atoms with van der Waals surface area (Å²) in [4.78, 5) is 0.783. The van der Waals surface area contributed by atoms with Gasteiger partial charge in [-0.2, -0.15) is 9.61 Å². The Morgan fingerprint density at radius 1 is 1.37 bits per heavy atom. The van der Waals surface area contributed by atoms with E-state index in [0.717, 1.165) is 27.6 Å². The fourth-order valence-corrected chi connectivity index (χ4v) is 2.75. The van der Waals surface area contributed by atoms with Gasteiger partial charge in [-0.1, -0.05) is 23.5 Å². The topological polar surface area (TPSA) is 78.3 Å². The molecular weight excluding hydrogens is 262 g/mol. The summed E-state index contributed by atoms with van der Waals surface area (Å²) in [5, 5.41) is 13.6. The average Bonchev–Trinajstić information content (AvgIpc) is 2.91. The Bertz CT molecular complexity index is 705. The molecule has 0 aliphatic heterocycles. The maximum Gasteiger partial charge on any atom is 0.234 e. The Morgan fingerprint density at radius 2 is 2.26 bits per heavy atom. The van der Waals surface area contributed by atoms with Crippen LogP contribution in [0.1, 0.15) is 16.4 Å². The van der Waals surface area contributed by atoms with Gasteiger partial charge in [-0.3, -0.25) is 0 Å². The summed E-state index contributed by atoms with van der Waals surface area (Å²) < 4.78 is 6.79. The van der Waals surface area contributed by atoms with Crippen molar-refractivity contribution in [2.75, 3.05) is 12.8 Å². The zero-order valence-corrected chi connectivity index (χ0v) is 11.2. The van der Waals surface area contributed by atoms with Crippen molar-refractivity contribution in [3.63, 3.8) is 0 Å². The predicted octanol–water partition coefficient (Wildman–Crippen LogP) is 1.51. The highest BCUT2D eigenvalue weighted by atomic mass is 32.1. The van der Waals surface area contributed by atoms with Crippen LogP contribution in [0.5, 0.6) is 0 Å². The van der Waals surface area contributed by atoms with Crippen LogP contribution in [0.2, 0.25) is 0 Å². The quantitative estimate of drug-likeness (QED) is 0.730. The largest absolute Gasteiger partial charge is 0.399 e. The van der Waals surface area contributed by atoms with Crippen LogP contribution in [0.15, 0.2) is 24.3 Å². The molecule has 0 aliphatic carbocycles. The number of aromatic nitrogens is 4. The Hall–Kier alpha value is -1.99. The van der Waals surface area contributed by atoms with Crippen LogP contribution in [-0.4, -0.2) is 26.9 Å². The Kier molecular flexibility index (Phi) is 3.14. The van der Waals surface area contributed by atoms with Gasteiger partial charge >= 0.3 is 0 Å². The van der Waals surface area contributed by atoms with Crippen LogP contribution in [0.3, 0.4) is 0 Å². The Morgan fingerprint density at radius 3 is 3.05 bits per heavy atom. The lowest BCUT2D eigenvalue weighted by atomic mass is 10.1. The van der Waals surface area contributed by atoms with Gasteiger partial charge in [0.25, 0.3) is 0 Å². The van der Waals surface area contributed by atoms with E-state index in [9.17, 15) is 0 Å². The van der Waals surface area contributed by atoms with E-state index in [-0.39, 0.29) is 0 Å². The highest BCUT2D eigenvalue weighted by Crippen LogP contribution is 2.18. The summed E-state index contributed by atoms with van der Waals surface area (Å²) in [7, 11) is 1.63. The molecule has 2 heterocycles. The van der Waals surface area contributed by atoms with Crippen molar-refractivity contribution >= 4 is 22.0 Å². The third kappa shape index (κ3) is 2.42. The molecule has 0 saturated heterocycles. The van der Waals surface area contributed by atoms with Crippen molar-refractivity contribution in [3.05, 3.63) is 40.7 Å². The van der Waals surface area contributed by atoms with Crippen LogP contribution in [-0.2, 0) is 17.8 Å². The lowest BCUT2D eigenvalue weighted by Gasteiger charge is -1.98. The first-order valence-corrected chi connectivity index (χ1v) is 6.61. The number of methoxy groups -OCH3 is 1. The van der Waals surface area contributed by atoms with Crippen molar-refractivity contribution in [2.24, 2.45) is 0 Å². The highest BCUT2D eigenvalue weighted by molar-refractivity contribution is 7.16. The summed E-state index contributed by atoms with van der Waals surface area (Å²) in [6.07, 6.45) is 0.742. The van der Waals surface area contributed by atoms with Gasteiger partial charge in [-0.25, -0.2) is 0 Å². The van der Waals surface area contributed by atoms with Crippen LogP contribution in [0.4, 0.5) is 5.69 Å². The molecule has 0 unspecified atom stereocenters. The van der Waals surface area contributed by atoms with E-state index in [1.165, 1.54) is 11.3 Å². The molecule has 0 saturated carbocycles. The van der Waals surface area contributed by atoms with Crippen molar-refractivity contribution in [1.82, 2.24) is 19.8 Å². The molecule has 7 heteroatoms. The van der Waals surface area contributed by atoms with Crippen LogP contribution < -0.4 is 5.73 Å². The minimum Gasteiger partial charge on any atom is -0.399 e. The number of nitrogens with zero attached hydrogens (tertiary/aromatic N) is 4. The number of hydrogen-bond donors (Lipinski definition) is 1. The second-order valence-electron chi connectivity index (χ2n) is 4.16. The molecule has 3 rings (SSSR count). The van der Waals surface area contributed by atoms with Gasteiger partial charge in [-0.15, -0.1) is 10.2 Å². The maximum atomic E-state index is 5.77. The number of ether oxygens (including phenoxy) is 1. The molecule has 0 spiro atoms. The lowest BCUT2D eigenvalue weighted by Crippen LogP contribution is -1.98. The van der Waals surface area contributed by atoms with Crippen LogP contribution >= 0.6 is 11.3 Å². The summed E-state index contributed by atoms with van der Waals surface area (Å²) in [5.74, 6) is 0.715.